The summed E-state index contributed by atoms with van der Waals surface area (Å²) in [5.74, 6) is -1.65. The van der Waals surface area contributed by atoms with E-state index in [1.54, 1.807) is 62.4 Å². The molecule has 1 unspecified atom stereocenters. The number of thiazole rings is 1. The van der Waals surface area contributed by atoms with Crippen molar-refractivity contribution >= 4 is 39.9 Å². The minimum absolute atomic E-state index is 0.0959. The zero-order valence-electron chi connectivity index (χ0n) is 22.2. The number of amides is 1. The summed E-state index contributed by atoms with van der Waals surface area (Å²) in [5.41, 5.74) is 1.16. The number of aliphatic hydroxyl groups is 1. The van der Waals surface area contributed by atoms with Crippen molar-refractivity contribution in [3.05, 3.63) is 75.8 Å². The largest absolute Gasteiger partial charge is 0.507 e. The van der Waals surface area contributed by atoms with Gasteiger partial charge in [-0.3, -0.25) is 14.5 Å². The van der Waals surface area contributed by atoms with Crippen LogP contribution in [0.25, 0.3) is 5.76 Å². The second kappa shape index (κ2) is 12.1. The van der Waals surface area contributed by atoms with Crippen LogP contribution in [0.3, 0.4) is 0 Å². The Bertz CT molecular complexity index is 1410. The first kappa shape index (κ1) is 27.8. The molecule has 1 amide bonds. The van der Waals surface area contributed by atoms with E-state index in [0.29, 0.717) is 41.5 Å². The fourth-order valence-electron chi connectivity index (χ4n) is 4.26. The van der Waals surface area contributed by atoms with E-state index in [1.807, 2.05) is 13.8 Å². The van der Waals surface area contributed by atoms with Crippen molar-refractivity contribution in [2.45, 2.75) is 40.2 Å². The number of carbonyl (C=O) groups excluding carboxylic acids is 3. The minimum Gasteiger partial charge on any atom is -0.507 e. The van der Waals surface area contributed by atoms with Crippen LogP contribution in [0, 0.1) is 6.92 Å². The SMILES string of the molecule is CCCOc1ccc(C2C(=C(O)c3ccccc3)C(=O)C(=O)N2c2nc(C)c(C(=O)OCC)s2)cc1OCC. The van der Waals surface area contributed by atoms with E-state index >= 15 is 0 Å². The molecule has 1 aliphatic heterocycles. The van der Waals surface area contributed by atoms with Gasteiger partial charge < -0.3 is 19.3 Å². The topological polar surface area (TPSA) is 115 Å². The lowest BCUT2D eigenvalue weighted by atomic mass is 9.95. The van der Waals surface area contributed by atoms with E-state index in [2.05, 4.69) is 4.98 Å². The molecule has 1 fully saturated rings. The van der Waals surface area contributed by atoms with Gasteiger partial charge in [-0.15, -0.1) is 0 Å². The van der Waals surface area contributed by atoms with Crippen molar-refractivity contribution in [1.29, 1.82) is 0 Å². The van der Waals surface area contributed by atoms with E-state index in [-0.39, 0.29) is 27.9 Å². The fourth-order valence-corrected chi connectivity index (χ4v) is 5.25. The Kier molecular flexibility index (Phi) is 8.65. The van der Waals surface area contributed by atoms with Gasteiger partial charge in [-0.05, 0) is 44.9 Å². The molecule has 0 bridgehead atoms. The van der Waals surface area contributed by atoms with Crippen LogP contribution in [0.5, 0.6) is 11.5 Å². The maximum Gasteiger partial charge on any atom is 0.350 e. The van der Waals surface area contributed by atoms with E-state index in [1.165, 1.54) is 4.90 Å². The molecular weight excluding hydrogens is 520 g/mol. The average molecular weight is 551 g/mol. The van der Waals surface area contributed by atoms with Crippen molar-refractivity contribution < 1.29 is 33.7 Å². The number of ether oxygens (including phenoxy) is 3. The van der Waals surface area contributed by atoms with Gasteiger partial charge in [0.1, 0.15) is 10.6 Å². The van der Waals surface area contributed by atoms with Gasteiger partial charge in [-0.25, -0.2) is 9.78 Å². The van der Waals surface area contributed by atoms with Crippen LogP contribution in [-0.2, 0) is 14.3 Å². The molecule has 4 rings (SSSR count). The number of benzene rings is 2. The molecule has 2 heterocycles. The zero-order valence-corrected chi connectivity index (χ0v) is 23.0. The molecule has 3 aromatic rings. The van der Waals surface area contributed by atoms with E-state index < -0.39 is 23.7 Å². The van der Waals surface area contributed by atoms with Crippen LogP contribution in [0.2, 0.25) is 0 Å². The highest BCUT2D eigenvalue weighted by atomic mass is 32.1. The lowest BCUT2D eigenvalue weighted by molar-refractivity contribution is -0.132. The number of hydrogen-bond acceptors (Lipinski definition) is 9. The highest BCUT2D eigenvalue weighted by Gasteiger charge is 2.48. The van der Waals surface area contributed by atoms with Crippen molar-refractivity contribution in [2.24, 2.45) is 0 Å². The number of aliphatic hydroxyl groups excluding tert-OH is 1. The van der Waals surface area contributed by atoms with Gasteiger partial charge >= 0.3 is 11.9 Å². The smallest absolute Gasteiger partial charge is 0.350 e. The maximum absolute atomic E-state index is 13.5. The number of ketones is 1. The fraction of sp³-hybridized carbons (Fsp3) is 0.310. The third-order valence-corrected chi connectivity index (χ3v) is 7.13. The van der Waals surface area contributed by atoms with Gasteiger partial charge in [0.15, 0.2) is 16.6 Å². The molecule has 0 radical (unpaired) electrons. The first-order valence-corrected chi connectivity index (χ1v) is 13.5. The first-order valence-electron chi connectivity index (χ1n) is 12.7. The molecule has 2 aromatic carbocycles. The Hall–Kier alpha value is -4.18. The first-order chi connectivity index (χ1) is 18.8. The lowest BCUT2D eigenvalue weighted by Gasteiger charge is -2.24. The van der Waals surface area contributed by atoms with Crippen molar-refractivity contribution in [3.63, 3.8) is 0 Å². The molecule has 9 nitrogen and oxygen atoms in total. The molecule has 1 aliphatic rings. The number of nitrogens with zero attached hydrogens (tertiary/aromatic N) is 2. The molecule has 1 atom stereocenters. The molecule has 1 N–H and O–H groups in total. The van der Waals surface area contributed by atoms with Crippen molar-refractivity contribution in [3.8, 4) is 11.5 Å². The summed E-state index contributed by atoms with van der Waals surface area (Å²) in [5, 5.41) is 11.4. The normalized spacial score (nSPS) is 16.4. The second-order valence-corrected chi connectivity index (χ2v) is 9.63. The van der Waals surface area contributed by atoms with Gasteiger partial charge in [0.25, 0.3) is 5.78 Å². The van der Waals surface area contributed by atoms with E-state index in [9.17, 15) is 19.5 Å². The summed E-state index contributed by atoms with van der Waals surface area (Å²) >= 11 is 0.954. The molecule has 1 saturated heterocycles. The number of carbonyl (C=O) groups is 3. The van der Waals surface area contributed by atoms with Gasteiger partial charge in [0, 0.05) is 5.56 Å². The summed E-state index contributed by atoms with van der Waals surface area (Å²) in [4.78, 5) is 45.3. The van der Waals surface area contributed by atoms with E-state index in [0.717, 1.165) is 17.8 Å². The third-order valence-electron chi connectivity index (χ3n) is 5.99. The Labute approximate surface area is 230 Å². The average Bonchev–Trinajstić information content (AvgIpc) is 3.44. The third kappa shape index (κ3) is 5.51. The Balaban J connectivity index is 1.92. The highest BCUT2D eigenvalue weighted by Crippen LogP contribution is 2.45. The maximum atomic E-state index is 13.5. The molecule has 0 spiro atoms. The minimum atomic E-state index is -1.04. The Morgan fingerprint density at radius 1 is 1.03 bits per heavy atom. The van der Waals surface area contributed by atoms with Gasteiger partial charge in [-0.1, -0.05) is 54.7 Å². The van der Waals surface area contributed by atoms with E-state index in [4.69, 9.17) is 14.2 Å². The van der Waals surface area contributed by atoms with Gasteiger partial charge in [0.2, 0.25) is 0 Å². The highest BCUT2D eigenvalue weighted by molar-refractivity contribution is 7.17. The number of esters is 1. The second-order valence-electron chi connectivity index (χ2n) is 8.65. The van der Waals surface area contributed by atoms with Crippen LogP contribution in [0.15, 0.2) is 54.1 Å². The number of rotatable bonds is 10. The molecule has 0 aliphatic carbocycles. The monoisotopic (exact) mass is 550 g/mol. The van der Waals surface area contributed by atoms with Crippen LogP contribution in [-0.4, -0.2) is 47.6 Å². The number of anilines is 1. The molecular formula is C29H30N2O7S. The Morgan fingerprint density at radius 3 is 2.44 bits per heavy atom. The number of Topliss-reactive ketones (excluding diaryl/α,β-unsaturated/α-hetero) is 1. The van der Waals surface area contributed by atoms with Crippen LogP contribution >= 0.6 is 11.3 Å². The summed E-state index contributed by atoms with van der Waals surface area (Å²) in [6.45, 7) is 8.20. The summed E-state index contributed by atoms with van der Waals surface area (Å²) < 4.78 is 16.8. The zero-order chi connectivity index (χ0) is 28.1. The van der Waals surface area contributed by atoms with Gasteiger partial charge in [0.05, 0.1) is 37.1 Å². The molecule has 0 saturated carbocycles. The lowest BCUT2D eigenvalue weighted by Crippen LogP contribution is -2.29. The number of hydrogen-bond donors (Lipinski definition) is 1. The predicted molar refractivity (Wildman–Crippen MR) is 147 cm³/mol. The van der Waals surface area contributed by atoms with Crippen LogP contribution in [0.4, 0.5) is 5.13 Å². The predicted octanol–water partition coefficient (Wildman–Crippen LogP) is 5.44. The molecule has 39 heavy (non-hydrogen) atoms. The molecule has 204 valence electrons. The molecule has 1 aromatic heterocycles. The summed E-state index contributed by atoms with van der Waals surface area (Å²) in [7, 11) is 0. The van der Waals surface area contributed by atoms with Crippen LogP contribution < -0.4 is 14.4 Å². The van der Waals surface area contributed by atoms with Gasteiger partial charge in [-0.2, -0.15) is 0 Å². The summed E-state index contributed by atoms with van der Waals surface area (Å²) in [6.07, 6.45) is 0.802. The standard InChI is InChI=1S/C29H30N2O7S/c1-5-15-38-20-14-13-19(16-21(20)36-6-2)23-22(24(32)18-11-9-8-10-12-18)25(33)27(34)31(23)29-30-17(4)26(39-29)28(35)37-7-3/h8-14,16,23,32H,5-7,15H2,1-4H3. The molecule has 10 heteroatoms. The number of aryl methyl sites for hydroxylation is 1. The Morgan fingerprint density at radius 2 is 1.77 bits per heavy atom. The van der Waals surface area contributed by atoms with Crippen molar-refractivity contribution in [1.82, 2.24) is 4.98 Å². The van der Waals surface area contributed by atoms with Crippen LogP contribution in [0.1, 0.15) is 59.7 Å². The number of aromatic nitrogens is 1. The summed E-state index contributed by atoms with van der Waals surface area (Å²) in [6, 6.07) is 12.6. The quantitative estimate of drug-likeness (QED) is 0.154. The van der Waals surface area contributed by atoms with Crippen molar-refractivity contribution in [2.75, 3.05) is 24.7 Å².